The van der Waals surface area contributed by atoms with Crippen LogP contribution in [0.3, 0.4) is 0 Å². The molecule has 130 valence electrons. The van der Waals surface area contributed by atoms with Crippen molar-refractivity contribution >= 4 is 27.6 Å². The van der Waals surface area contributed by atoms with Gasteiger partial charge in [0.25, 0.3) is 0 Å². The first-order valence-electron chi connectivity index (χ1n) is 7.08. The van der Waals surface area contributed by atoms with Crippen molar-refractivity contribution in [2.24, 2.45) is 7.05 Å². The minimum atomic E-state index is -3.94. The van der Waals surface area contributed by atoms with E-state index in [9.17, 15) is 13.2 Å². The average Bonchev–Trinajstić information content (AvgIpc) is 2.79. The molecule has 2 rings (SSSR count). The Morgan fingerprint density at radius 3 is 2.50 bits per heavy atom. The zero-order valence-corrected chi connectivity index (χ0v) is 15.1. The number of nitrogens with zero attached hydrogens (tertiary/aromatic N) is 3. The van der Waals surface area contributed by atoms with Gasteiger partial charge in [0.05, 0.1) is 5.69 Å². The first kappa shape index (κ1) is 18.4. The van der Waals surface area contributed by atoms with Gasteiger partial charge < -0.3 is 4.74 Å². The molecule has 1 aromatic carbocycles. The Labute approximate surface area is 145 Å². The van der Waals surface area contributed by atoms with Gasteiger partial charge in [-0.3, -0.25) is 9.48 Å². The van der Waals surface area contributed by atoms with Crippen molar-refractivity contribution in [2.45, 2.75) is 18.4 Å². The third-order valence-electron chi connectivity index (χ3n) is 3.36. The van der Waals surface area contributed by atoms with E-state index in [1.165, 1.54) is 11.7 Å². The fourth-order valence-electron chi connectivity index (χ4n) is 2.11. The second kappa shape index (κ2) is 7.33. The van der Waals surface area contributed by atoms with E-state index in [0.29, 0.717) is 0 Å². The Hall–Kier alpha value is -1.90. The first-order valence-corrected chi connectivity index (χ1v) is 8.90. The number of aryl methyl sites for hydroxylation is 2. The van der Waals surface area contributed by atoms with Crippen molar-refractivity contribution in [3.05, 3.63) is 46.7 Å². The molecule has 1 aromatic heterocycles. The molecule has 0 unspecified atom stereocenters. The fraction of sp³-hybridized carbons (Fsp3) is 0.333. The summed E-state index contributed by atoms with van der Waals surface area (Å²) in [5.41, 5.74) is 1.09. The van der Waals surface area contributed by atoms with Crippen LogP contribution in [0, 0.1) is 6.92 Å². The highest BCUT2D eigenvalue weighted by molar-refractivity contribution is 7.89. The second-order valence-electron chi connectivity index (χ2n) is 5.24. The molecule has 0 spiro atoms. The predicted molar refractivity (Wildman–Crippen MR) is 89.0 cm³/mol. The van der Waals surface area contributed by atoms with Gasteiger partial charge in [-0.25, -0.2) is 8.42 Å². The largest absolute Gasteiger partial charge is 0.460 e. The van der Waals surface area contributed by atoms with Crippen LogP contribution in [0.15, 0.2) is 35.2 Å². The van der Waals surface area contributed by atoms with Crippen molar-refractivity contribution in [1.29, 1.82) is 0 Å². The predicted octanol–water partition coefficient (Wildman–Crippen LogP) is 1.75. The lowest BCUT2D eigenvalue weighted by Gasteiger charge is -2.16. The van der Waals surface area contributed by atoms with Crippen molar-refractivity contribution in [3.63, 3.8) is 0 Å². The van der Waals surface area contributed by atoms with E-state index in [1.807, 2.05) is 30.3 Å². The third-order valence-corrected chi connectivity index (χ3v) is 5.86. The standard InChI is InChI=1S/C15H18ClN3O4S/c1-11-14(15(16)19(3)17-11)24(21,22)18(2)9-13(20)23-10-12-7-5-4-6-8-12/h4-8H,9-10H2,1-3H3. The Morgan fingerprint density at radius 1 is 1.33 bits per heavy atom. The van der Waals surface area contributed by atoms with Gasteiger partial charge in [0, 0.05) is 14.1 Å². The lowest BCUT2D eigenvalue weighted by molar-refractivity contribution is -0.144. The molecule has 0 amide bonds. The number of halogens is 1. The van der Waals surface area contributed by atoms with Gasteiger partial charge in [-0.2, -0.15) is 9.40 Å². The molecule has 0 radical (unpaired) electrons. The SMILES string of the molecule is Cc1nn(C)c(Cl)c1S(=O)(=O)N(C)CC(=O)OCc1ccccc1. The van der Waals surface area contributed by atoms with E-state index >= 15 is 0 Å². The van der Waals surface area contributed by atoms with Crippen LogP contribution in [0.2, 0.25) is 5.15 Å². The number of carbonyl (C=O) groups excluding carboxylic acids is 1. The molecule has 0 N–H and O–H groups in total. The monoisotopic (exact) mass is 371 g/mol. The molecule has 0 aliphatic carbocycles. The molecule has 0 saturated carbocycles. The summed E-state index contributed by atoms with van der Waals surface area (Å²) in [5, 5.41) is 3.97. The molecule has 1 heterocycles. The van der Waals surface area contributed by atoms with E-state index in [2.05, 4.69) is 5.10 Å². The second-order valence-corrected chi connectivity index (χ2v) is 7.58. The summed E-state index contributed by atoms with van der Waals surface area (Å²) in [6.07, 6.45) is 0. The number of rotatable bonds is 6. The van der Waals surface area contributed by atoms with Crippen molar-refractivity contribution in [2.75, 3.05) is 13.6 Å². The van der Waals surface area contributed by atoms with Crippen molar-refractivity contribution < 1.29 is 17.9 Å². The number of aromatic nitrogens is 2. The van der Waals surface area contributed by atoms with Gasteiger partial charge in [0.1, 0.15) is 23.2 Å². The van der Waals surface area contributed by atoms with E-state index < -0.39 is 22.5 Å². The van der Waals surface area contributed by atoms with E-state index in [4.69, 9.17) is 16.3 Å². The lowest BCUT2D eigenvalue weighted by atomic mass is 10.2. The molecule has 0 aliphatic heterocycles. The van der Waals surface area contributed by atoms with Crippen molar-refractivity contribution in [3.8, 4) is 0 Å². The lowest BCUT2D eigenvalue weighted by Crippen LogP contribution is -2.33. The maximum absolute atomic E-state index is 12.6. The van der Waals surface area contributed by atoms with Gasteiger partial charge in [0.2, 0.25) is 10.0 Å². The van der Waals surface area contributed by atoms with Gasteiger partial charge in [-0.15, -0.1) is 0 Å². The normalized spacial score (nSPS) is 11.7. The zero-order chi connectivity index (χ0) is 17.9. The van der Waals surface area contributed by atoms with E-state index in [-0.39, 0.29) is 22.3 Å². The summed E-state index contributed by atoms with van der Waals surface area (Å²) >= 11 is 6.00. The molecule has 7 nitrogen and oxygen atoms in total. The van der Waals surface area contributed by atoms with Crippen LogP contribution in [0.25, 0.3) is 0 Å². The maximum atomic E-state index is 12.6. The number of likely N-dealkylation sites (N-methyl/N-ethyl adjacent to an activating group) is 1. The maximum Gasteiger partial charge on any atom is 0.321 e. The van der Waals surface area contributed by atoms with Gasteiger partial charge in [0.15, 0.2) is 0 Å². The summed E-state index contributed by atoms with van der Waals surface area (Å²) in [4.78, 5) is 11.8. The Balaban J connectivity index is 2.05. The zero-order valence-electron chi connectivity index (χ0n) is 13.6. The quantitative estimate of drug-likeness (QED) is 0.722. The Bertz CT molecular complexity index is 834. The number of ether oxygens (including phenoxy) is 1. The number of benzene rings is 1. The van der Waals surface area contributed by atoms with Crippen LogP contribution in [-0.4, -0.2) is 42.1 Å². The molecular weight excluding hydrogens is 354 g/mol. The minimum Gasteiger partial charge on any atom is -0.460 e. The molecule has 24 heavy (non-hydrogen) atoms. The van der Waals surface area contributed by atoms with Crippen LogP contribution in [0.4, 0.5) is 0 Å². The van der Waals surface area contributed by atoms with Gasteiger partial charge in [-0.1, -0.05) is 41.9 Å². The number of sulfonamides is 1. The smallest absolute Gasteiger partial charge is 0.321 e. The highest BCUT2D eigenvalue weighted by Gasteiger charge is 2.30. The van der Waals surface area contributed by atoms with Crippen LogP contribution in [0.1, 0.15) is 11.3 Å². The number of hydrogen-bond acceptors (Lipinski definition) is 5. The Morgan fingerprint density at radius 2 is 1.96 bits per heavy atom. The molecule has 0 aliphatic rings. The van der Waals surface area contributed by atoms with Crippen LogP contribution >= 0.6 is 11.6 Å². The molecule has 2 aromatic rings. The molecule has 0 atom stereocenters. The van der Waals surface area contributed by atoms with E-state index in [0.717, 1.165) is 9.87 Å². The van der Waals surface area contributed by atoms with Gasteiger partial charge >= 0.3 is 5.97 Å². The summed E-state index contributed by atoms with van der Waals surface area (Å²) in [6.45, 7) is 1.21. The molecule has 9 heteroatoms. The van der Waals surface area contributed by atoms with Crippen LogP contribution in [0.5, 0.6) is 0 Å². The van der Waals surface area contributed by atoms with Crippen LogP contribution in [-0.2, 0) is 33.2 Å². The third kappa shape index (κ3) is 3.95. The summed E-state index contributed by atoms with van der Waals surface area (Å²) in [5.74, 6) is -0.650. The molecular formula is C15H18ClN3O4S. The fourth-order valence-corrected chi connectivity index (χ4v) is 3.92. The minimum absolute atomic E-state index is 0.00278. The average molecular weight is 372 g/mol. The first-order chi connectivity index (χ1) is 11.2. The number of carbonyl (C=O) groups is 1. The summed E-state index contributed by atoms with van der Waals surface area (Å²) in [7, 11) is -1.10. The van der Waals surface area contributed by atoms with Crippen molar-refractivity contribution in [1.82, 2.24) is 14.1 Å². The Kier molecular flexibility index (Phi) is 5.63. The molecule has 0 saturated heterocycles. The highest BCUT2D eigenvalue weighted by atomic mass is 35.5. The van der Waals surface area contributed by atoms with E-state index in [1.54, 1.807) is 14.0 Å². The van der Waals surface area contributed by atoms with Crippen LogP contribution < -0.4 is 0 Å². The highest BCUT2D eigenvalue weighted by Crippen LogP contribution is 2.26. The topological polar surface area (TPSA) is 81.5 Å². The number of hydrogen-bond donors (Lipinski definition) is 0. The number of esters is 1. The summed E-state index contributed by atoms with van der Waals surface area (Å²) in [6, 6.07) is 9.13. The molecule has 0 bridgehead atoms. The molecule has 0 fully saturated rings. The van der Waals surface area contributed by atoms with Gasteiger partial charge in [-0.05, 0) is 12.5 Å². The summed E-state index contributed by atoms with van der Waals surface area (Å²) < 4.78 is 32.4.